The smallest absolute Gasteiger partial charge is 0.0812 e. The van der Waals surface area contributed by atoms with Gasteiger partial charge in [0.05, 0.1) is 6.10 Å². The average molecular weight is 277 g/mol. The maximum Gasteiger partial charge on any atom is 0.0812 e. The molecule has 2 heterocycles. The Morgan fingerprint density at radius 2 is 2.25 bits per heavy atom. The van der Waals surface area contributed by atoms with Gasteiger partial charge >= 0.3 is 0 Å². The molecule has 0 amide bonds. The second-order valence-corrected chi connectivity index (χ2v) is 7.42. The predicted molar refractivity (Wildman–Crippen MR) is 79.8 cm³/mol. The van der Waals surface area contributed by atoms with Crippen molar-refractivity contribution < 1.29 is 9.84 Å². The van der Waals surface area contributed by atoms with Crippen LogP contribution in [0.4, 0.5) is 0 Å². The molecule has 112 valence electrons. The van der Waals surface area contributed by atoms with E-state index in [1.807, 2.05) is 0 Å². The Hall–Kier alpha value is -0.800. The Kier molecular flexibility index (Phi) is 3.67. The molecule has 1 aliphatic heterocycles. The van der Waals surface area contributed by atoms with Crippen LogP contribution in [0, 0.1) is 18.3 Å². The molecule has 1 aromatic rings. The van der Waals surface area contributed by atoms with E-state index in [2.05, 4.69) is 31.4 Å². The van der Waals surface area contributed by atoms with Crippen LogP contribution < -0.4 is 0 Å². The number of rotatable bonds is 3. The minimum absolute atomic E-state index is 0.200. The van der Waals surface area contributed by atoms with Gasteiger partial charge in [0.2, 0.25) is 0 Å². The SMILES string of the molecule is Cc1cc2c(n1CCC1CCOC1)CC(C)(C)CC2O. The van der Waals surface area contributed by atoms with Crippen LogP contribution in [-0.2, 0) is 17.7 Å². The first-order chi connectivity index (χ1) is 9.46. The average Bonchev–Trinajstić information content (AvgIpc) is 2.94. The van der Waals surface area contributed by atoms with Crippen molar-refractivity contribution in [2.45, 2.75) is 59.1 Å². The van der Waals surface area contributed by atoms with Crippen molar-refractivity contribution >= 4 is 0 Å². The number of fused-ring (bicyclic) bond motifs is 1. The summed E-state index contributed by atoms with van der Waals surface area (Å²) in [5.41, 5.74) is 4.03. The molecule has 0 radical (unpaired) electrons. The molecule has 0 spiro atoms. The zero-order valence-electron chi connectivity index (χ0n) is 13.0. The molecule has 2 atom stereocenters. The third kappa shape index (κ3) is 2.66. The molecule has 1 fully saturated rings. The standard InChI is InChI=1S/C17H27NO2/c1-12-8-14-15(9-17(2,3)10-16(14)19)18(12)6-4-13-5-7-20-11-13/h8,13,16,19H,4-7,9-11H2,1-3H3. The number of hydrogen-bond donors (Lipinski definition) is 1. The number of nitrogens with zero attached hydrogens (tertiary/aromatic N) is 1. The maximum absolute atomic E-state index is 10.4. The van der Waals surface area contributed by atoms with Crippen LogP contribution in [0.3, 0.4) is 0 Å². The zero-order valence-corrected chi connectivity index (χ0v) is 13.0. The highest BCUT2D eigenvalue weighted by Gasteiger charge is 2.34. The summed E-state index contributed by atoms with van der Waals surface area (Å²) in [5, 5.41) is 10.4. The number of aliphatic hydroxyl groups excluding tert-OH is 1. The van der Waals surface area contributed by atoms with Crippen molar-refractivity contribution in [2.75, 3.05) is 13.2 Å². The quantitative estimate of drug-likeness (QED) is 0.920. The van der Waals surface area contributed by atoms with E-state index in [0.717, 1.165) is 32.6 Å². The van der Waals surface area contributed by atoms with Gasteiger partial charge in [-0.2, -0.15) is 0 Å². The molecule has 0 aromatic carbocycles. The lowest BCUT2D eigenvalue weighted by Crippen LogP contribution is -2.27. The number of hydrogen-bond acceptors (Lipinski definition) is 2. The van der Waals surface area contributed by atoms with Crippen LogP contribution >= 0.6 is 0 Å². The van der Waals surface area contributed by atoms with Crippen molar-refractivity contribution in [1.82, 2.24) is 4.57 Å². The molecule has 20 heavy (non-hydrogen) atoms. The fourth-order valence-corrected chi connectivity index (χ4v) is 3.83. The molecule has 3 heteroatoms. The molecule has 2 aliphatic rings. The Bertz CT molecular complexity index is 483. The van der Waals surface area contributed by atoms with Crippen molar-refractivity contribution in [3.8, 4) is 0 Å². The Morgan fingerprint density at radius 1 is 1.45 bits per heavy atom. The number of aryl methyl sites for hydroxylation is 1. The van der Waals surface area contributed by atoms with Gasteiger partial charge in [-0.3, -0.25) is 0 Å². The fraction of sp³-hybridized carbons (Fsp3) is 0.765. The van der Waals surface area contributed by atoms with E-state index in [0.29, 0.717) is 5.92 Å². The van der Waals surface area contributed by atoms with Crippen molar-refractivity contribution in [3.05, 3.63) is 23.0 Å². The van der Waals surface area contributed by atoms with Crippen LogP contribution in [0.15, 0.2) is 6.07 Å². The lowest BCUT2D eigenvalue weighted by Gasteiger charge is -2.34. The van der Waals surface area contributed by atoms with E-state index in [1.54, 1.807) is 0 Å². The highest BCUT2D eigenvalue weighted by molar-refractivity contribution is 5.33. The fourth-order valence-electron chi connectivity index (χ4n) is 3.83. The minimum Gasteiger partial charge on any atom is -0.388 e. The highest BCUT2D eigenvalue weighted by atomic mass is 16.5. The van der Waals surface area contributed by atoms with Gasteiger partial charge in [-0.05, 0) is 50.0 Å². The summed E-state index contributed by atoms with van der Waals surface area (Å²) >= 11 is 0. The largest absolute Gasteiger partial charge is 0.388 e. The minimum atomic E-state index is -0.288. The number of ether oxygens (including phenoxy) is 1. The molecule has 1 N–H and O–H groups in total. The third-order valence-electron chi connectivity index (χ3n) is 4.99. The van der Waals surface area contributed by atoms with Gasteiger partial charge in [-0.15, -0.1) is 0 Å². The molecule has 1 aromatic heterocycles. The monoisotopic (exact) mass is 277 g/mol. The van der Waals surface area contributed by atoms with Crippen molar-refractivity contribution in [2.24, 2.45) is 11.3 Å². The Balaban J connectivity index is 1.80. The topological polar surface area (TPSA) is 34.4 Å². The summed E-state index contributed by atoms with van der Waals surface area (Å²) in [5.74, 6) is 0.717. The Morgan fingerprint density at radius 3 is 2.95 bits per heavy atom. The summed E-state index contributed by atoms with van der Waals surface area (Å²) in [6, 6.07) is 2.19. The summed E-state index contributed by atoms with van der Waals surface area (Å²) in [7, 11) is 0. The molecule has 1 saturated heterocycles. The first-order valence-corrected chi connectivity index (χ1v) is 7.91. The lowest BCUT2D eigenvalue weighted by molar-refractivity contribution is 0.0978. The predicted octanol–water partition coefficient (Wildman–Crippen LogP) is 3.23. The van der Waals surface area contributed by atoms with Crippen LogP contribution in [0.25, 0.3) is 0 Å². The third-order valence-corrected chi connectivity index (χ3v) is 4.99. The van der Waals surface area contributed by atoms with E-state index in [9.17, 15) is 5.11 Å². The maximum atomic E-state index is 10.4. The second-order valence-electron chi connectivity index (χ2n) is 7.42. The first kappa shape index (κ1) is 14.2. The van der Waals surface area contributed by atoms with Crippen molar-refractivity contribution in [1.29, 1.82) is 0 Å². The van der Waals surface area contributed by atoms with Gasteiger partial charge in [0.15, 0.2) is 0 Å². The molecule has 1 aliphatic carbocycles. The van der Waals surface area contributed by atoms with E-state index < -0.39 is 0 Å². The van der Waals surface area contributed by atoms with Gasteiger partial charge in [0, 0.05) is 36.7 Å². The van der Waals surface area contributed by atoms with Gasteiger partial charge < -0.3 is 14.4 Å². The van der Waals surface area contributed by atoms with Crippen LogP contribution in [0.2, 0.25) is 0 Å². The molecular formula is C17H27NO2. The van der Waals surface area contributed by atoms with E-state index in [1.165, 1.54) is 29.8 Å². The Labute approximate surface area is 121 Å². The van der Waals surface area contributed by atoms with E-state index >= 15 is 0 Å². The summed E-state index contributed by atoms with van der Waals surface area (Å²) in [6.07, 6.45) is 4.06. The van der Waals surface area contributed by atoms with Gasteiger partial charge in [-0.1, -0.05) is 13.8 Å². The van der Waals surface area contributed by atoms with Gasteiger partial charge in [0.25, 0.3) is 0 Å². The van der Waals surface area contributed by atoms with Gasteiger partial charge in [0.1, 0.15) is 0 Å². The van der Waals surface area contributed by atoms with Gasteiger partial charge in [-0.25, -0.2) is 0 Å². The molecule has 3 nitrogen and oxygen atoms in total. The molecular weight excluding hydrogens is 250 g/mol. The molecule has 2 unspecified atom stereocenters. The second kappa shape index (κ2) is 5.19. The number of aromatic nitrogens is 1. The van der Waals surface area contributed by atoms with Crippen LogP contribution in [0.5, 0.6) is 0 Å². The van der Waals surface area contributed by atoms with E-state index in [-0.39, 0.29) is 11.5 Å². The lowest BCUT2D eigenvalue weighted by atomic mass is 9.75. The van der Waals surface area contributed by atoms with Crippen LogP contribution in [-0.4, -0.2) is 22.9 Å². The zero-order chi connectivity index (χ0) is 14.3. The summed E-state index contributed by atoms with van der Waals surface area (Å²) in [6.45, 7) is 9.62. The summed E-state index contributed by atoms with van der Waals surface area (Å²) < 4.78 is 7.91. The van der Waals surface area contributed by atoms with Crippen molar-refractivity contribution in [3.63, 3.8) is 0 Å². The van der Waals surface area contributed by atoms with E-state index in [4.69, 9.17) is 4.74 Å². The molecule has 0 saturated carbocycles. The summed E-state index contributed by atoms with van der Waals surface area (Å²) in [4.78, 5) is 0. The normalized spacial score (nSPS) is 28.6. The number of aliphatic hydroxyl groups is 1. The molecule has 3 rings (SSSR count). The highest BCUT2D eigenvalue weighted by Crippen LogP contribution is 2.42. The van der Waals surface area contributed by atoms with Crippen LogP contribution in [0.1, 0.15) is 56.2 Å². The molecule has 0 bridgehead atoms. The first-order valence-electron chi connectivity index (χ1n) is 7.91.